The lowest BCUT2D eigenvalue weighted by Crippen LogP contribution is -2.49. The van der Waals surface area contributed by atoms with Crippen molar-refractivity contribution >= 4 is 15.9 Å². The van der Waals surface area contributed by atoms with E-state index in [1.54, 1.807) is 36.7 Å². The van der Waals surface area contributed by atoms with Crippen LogP contribution in [0, 0.1) is 0 Å². The number of benzene rings is 1. The highest BCUT2D eigenvalue weighted by Crippen LogP contribution is 2.20. The van der Waals surface area contributed by atoms with Crippen LogP contribution in [0.2, 0.25) is 0 Å². The molecular weight excluding hydrogens is 434 g/mol. The highest BCUT2D eigenvalue weighted by Gasteiger charge is 2.31. The van der Waals surface area contributed by atoms with Gasteiger partial charge in [-0.05, 0) is 48.4 Å². The fourth-order valence-electron chi connectivity index (χ4n) is 3.26. The van der Waals surface area contributed by atoms with E-state index in [0.717, 1.165) is 5.56 Å². The molecule has 1 aliphatic heterocycles. The number of hydrogen-bond donors (Lipinski definition) is 3. The van der Waals surface area contributed by atoms with Crippen LogP contribution in [0.1, 0.15) is 12.0 Å². The summed E-state index contributed by atoms with van der Waals surface area (Å²) in [6.07, 6.45) is 6.03. The number of aliphatic hydroxyl groups excluding tert-OH is 1. The summed E-state index contributed by atoms with van der Waals surface area (Å²) in [5.74, 6) is 0.350. The summed E-state index contributed by atoms with van der Waals surface area (Å²) in [4.78, 5) is 16.2. The fraction of sp³-hybridized carbons (Fsp3) is 0.364. The molecule has 0 aliphatic carbocycles. The molecule has 1 aromatic carbocycles. The van der Waals surface area contributed by atoms with Crippen molar-refractivity contribution in [2.75, 3.05) is 20.3 Å². The minimum Gasteiger partial charge on any atom is -0.497 e. The van der Waals surface area contributed by atoms with Crippen molar-refractivity contribution in [2.45, 2.75) is 36.0 Å². The first-order valence-electron chi connectivity index (χ1n) is 10.2. The van der Waals surface area contributed by atoms with Gasteiger partial charge in [0, 0.05) is 18.9 Å². The molecular formula is C22H27N3O6S. The first kappa shape index (κ1) is 23.9. The van der Waals surface area contributed by atoms with Crippen LogP contribution in [0.3, 0.4) is 0 Å². The standard InChI is InChI=1S/C22H27N3O6S/c1-30-17-2-5-19(6-3-17)32(28,29)25-20-7-4-18(31-21(20)15-26)14-22(27)24-13-10-16-8-11-23-12-9-16/h2-9,11-12,18,20-21,25-26H,10,13-15H2,1H3,(H,24,27)/t18-,20+,21+/m0/s1. The first-order valence-corrected chi connectivity index (χ1v) is 11.7. The van der Waals surface area contributed by atoms with Crippen LogP contribution in [-0.2, 0) is 26.0 Å². The highest BCUT2D eigenvalue weighted by molar-refractivity contribution is 7.89. The minimum atomic E-state index is -3.84. The Kier molecular flexibility index (Phi) is 8.34. The summed E-state index contributed by atoms with van der Waals surface area (Å²) in [7, 11) is -2.34. The second-order valence-corrected chi connectivity index (χ2v) is 8.98. The molecule has 0 saturated carbocycles. The van der Waals surface area contributed by atoms with Gasteiger partial charge in [-0.15, -0.1) is 0 Å². The van der Waals surface area contributed by atoms with Crippen LogP contribution in [0.25, 0.3) is 0 Å². The number of ether oxygens (including phenoxy) is 2. The molecule has 3 rings (SSSR count). The van der Waals surface area contributed by atoms with Gasteiger partial charge in [-0.1, -0.05) is 12.2 Å². The van der Waals surface area contributed by atoms with Gasteiger partial charge >= 0.3 is 0 Å². The maximum atomic E-state index is 12.7. The Morgan fingerprint density at radius 1 is 1.16 bits per heavy atom. The number of pyridine rings is 1. The second-order valence-electron chi connectivity index (χ2n) is 7.26. The number of hydrogen-bond acceptors (Lipinski definition) is 7. The summed E-state index contributed by atoms with van der Waals surface area (Å²) >= 11 is 0. The van der Waals surface area contributed by atoms with Crippen LogP contribution in [-0.4, -0.2) is 62.9 Å². The van der Waals surface area contributed by atoms with Crippen molar-refractivity contribution < 1.29 is 27.8 Å². The number of nitrogens with zero attached hydrogens (tertiary/aromatic N) is 1. The van der Waals surface area contributed by atoms with Gasteiger partial charge in [0.1, 0.15) is 11.9 Å². The Labute approximate surface area is 187 Å². The molecule has 9 nitrogen and oxygen atoms in total. The lowest BCUT2D eigenvalue weighted by Gasteiger charge is -2.31. The third-order valence-electron chi connectivity index (χ3n) is 5.00. The van der Waals surface area contributed by atoms with Crippen LogP contribution in [0.4, 0.5) is 0 Å². The monoisotopic (exact) mass is 461 g/mol. The summed E-state index contributed by atoms with van der Waals surface area (Å²) in [5, 5.41) is 12.5. The number of nitrogens with one attached hydrogen (secondary N) is 2. The predicted molar refractivity (Wildman–Crippen MR) is 118 cm³/mol. The fourth-order valence-corrected chi connectivity index (χ4v) is 4.48. The summed E-state index contributed by atoms with van der Waals surface area (Å²) in [5.41, 5.74) is 1.07. The maximum Gasteiger partial charge on any atom is 0.241 e. The molecule has 1 aliphatic rings. The van der Waals surface area contributed by atoms with E-state index in [9.17, 15) is 18.3 Å². The molecule has 2 aromatic rings. The molecule has 0 unspecified atom stereocenters. The number of aromatic nitrogens is 1. The van der Waals surface area contributed by atoms with Gasteiger partial charge < -0.3 is 19.9 Å². The summed E-state index contributed by atoms with van der Waals surface area (Å²) in [6, 6.07) is 8.97. The Bertz CT molecular complexity index is 1010. The topological polar surface area (TPSA) is 127 Å². The molecule has 32 heavy (non-hydrogen) atoms. The van der Waals surface area contributed by atoms with Gasteiger partial charge in [0.15, 0.2) is 0 Å². The third-order valence-corrected chi connectivity index (χ3v) is 6.47. The maximum absolute atomic E-state index is 12.7. The van der Waals surface area contributed by atoms with E-state index in [0.29, 0.717) is 18.7 Å². The number of carbonyl (C=O) groups excluding carboxylic acids is 1. The average molecular weight is 462 g/mol. The molecule has 172 valence electrons. The van der Waals surface area contributed by atoms with Crippen molar-refractivity contribution in [1.82, 2.24) is 15.0 Å². The minimum absolute atomic E-state index is 0.0686. The van der Waals surface area contributed by atoms with Crippen molar-refractivity contribution in [1.29, 1.82) is 0 Å². The summed E-state index contributed by atoms with van der Waals surface area (Å²) in [6.45, 7) is 0.0767. The van der Waals surface area contributed by atoms with Gasteiger partial charge in [-0.25, -0.2) is 13.1 Å². The van der Waals surface area contributed by atoms with Gasteiger partial charge in [-0.3, -0.25) is 9.78 Å². The van der Waals surface area contributed by atoms with Crippen molar-refractivity contribution in [3.63, 3.8) is 0 Å². The average Bonchev–Trinajstić information content (AvgIpc) is 2.80. The van der Waals surface area contributed by atoms with Crippen LogP contribution in [0.15, 0.2) is 65.8 Å². The molecule has 1 aromatic heterocycles. The van der Waals surface area contributed by atoms with E-state index in [1.807, 2.05) is 12.1 Å². The second kappa shape index (κ2) is 11.2. The van der Waals surface area contributed by atoms with Gasteiger partial charge in [-0.2, -0.15) is 0 Å². The van der Waals surface area contributed by atoms with Crippen LogP contribution in [0.5, 0.6) is 5.75 Å². The quantitative estimate of drug-likeness (QED) is 0.447. The molecule has 0 radical (unpaired) electrons. The van der Waals surface area contributed by atoms with Crippen molar-refractivity contribution in [3.8, 4) is 5.75 Å². The van der Waals surface area contributed by atoms with Gasteiger partial charge in [0.05, 0.1) is 37.2 Å². The third kappa shape index (κ3) is 6.60. The number of sulfonamides is 1. The molecule has 3 N–H and O–H groups in total. The molecule has 0 spiro atoms. The van der Waals surface area contributed by atoms with E-state index in [-0.39, 0.29) is 17.2 Å². The molecule has 2 heterocycles. The number of aliphatic hydroxyl groups is 1. The Morgan fingerprint density at radius 3 is 2.53 bits per heavy atom. The Balaban J connectivity index is 1.53. The zero-order valence-corrected chi connectivity index (χ0v) is 18.5. The van der Waals surface area contributed by atoms with Crippen molar-refractivity contribution in [3.05, 3.63) is 66.5 Å². The van der Waals surface area contributed by atoms with Crippen LogP contribution < -0.4 is 14.8 Å². The van der Waals surface area contributed by atoms with E-state index < -0.39 is 34.9 Å². The molecule has 0 fully saturated rings. The molecule has 3 atom stereocenters. The lowest BCUT2D eigenvalue weighted by molar-refractivity contribution is -0.125. The van der Waals surface area contributed by atoms with Gasteiger partial charge in [0.25, 0.3) is 0 Å². The van der Waals surface area contributed by atoms with E-state index in [1.165, 1.54) is 19.2 Å². The first-order chi connectivity index (χ1) is 15.4. The Morgan fingerprint density at radius 2 is 1.88 bits per heavy atom. The lowest BCUT2D eigenvalue weighted by atomic mass is 10.1. The molecule has 10 heteroatoms. The number of carbonyl (C=O) groups is 1. The molecule has 0 saturated heterocycles. The normalized spacial score (nSPS) is 20.6. The largest absolute Gasteiger partial charge is 0.497 e. The molecule has 1 amide bonds. The van der Waals surface area contributed by atoms with Gasteiger partial charge in [0.2, 0.25) is 15.9 Å². The number of amides is 1. The molecule has 0 bridgehead atoms. The Hall–Kier alpha value is -2.79. The zero-order valence-electron chi connectivity index (χ0n) is 17.7. The zero-order chi connectivity index (χ0) is 23.0. The highest BCUT2D eigenvalue weighted by atomic mass is 32.2. The number of methoxy groups -OCH3 is 1. The van der Waals surface area contributed by atoms with Crippen molar-refractivity contribution in [2.24, 2.45) is 0 Å². The predicted octanol–water partition coefficient (Wildman–Crippen LogP) is 0.802. The summed E-state index contributed by atoms with van der Waals surface area (Å²) < 4.78 is 38.7. The van der Waals surface area contributed by atoms with E-state index in [2.05, 4.69) is 15.0 Å². The number of rotatable bonds is 10. The van der Waals surface area contributed by atoms with Crippen LogP contribution >= 0.6 is 0 Å². The van der Waals surface area contributed by atoms with E-state index >= 15 is 0 Å². The smallest absolute Gasteiger partial charge is 0.241 e. The van der Waals surface area contributed by atoms with E-state index in [4.69, 9.17) is 9.47 Å². The SMILES string of the molecule is COc1ccc(S(=O)(=O)N[C@@H]2C=C[C@@H](CC(=O)NCCc3ccncc3)O[C@@H]2CO)cc1.